The summed E-state index contributed by atoms with van der Waals surface area (Å²) in [6.45, 7) is 6.55. The van der Waals surface area contributed by atoms with Crippen LogP contribution in [-0.4, -0.2) is 36.7 Å². The average Bonchev–Trinajstić information content (AvgIpc) is 2.94. The molecule has 0 atom stereocenters. The Hall–Kier alpha value is -2.73. The van der Waals surface area contributed by atoms with Gasteiger partial charge in [-0.05, 0) is 67.9 Å². The van der Waals surface area contributed by atoms with E-state index >= 15 is 0 Å². The molecule has 0 bridgehead atoms. The van der Waals surface area contributed by atoms with Crippen molar-refractivity contribution in [3.8, 4) is 11.5 Å². The lowest BCUT2D eigenvalue weighted by atomic mass is 10.1. The lowest BCUT2D eigenvalue weighted by Gasteiger charge is -2.12. The standard InChI is InChI=1S/C22H24N2O3S/c1-6-27-20-16(8-7-9-18(20)26-5)13-19-21(25)24(4)22(28-19)23-17-11-10-14(2)15(3)12-17/h7-13H,6H2,1-5H3/b19-13+,23-22?. The van der Waals surface area contributed by atoms with E-state index in [1.165, 1.54) is 22.9 Å². The lowest BCUT2D eigenvalue weighted by molar-refractivity contribution is -0.121. The third-order valence-corrected chi connectivity index (χ3v) is 5.58. The van der Waals surface area contributed by atoms with Gasteiger partial charge in [-0.3, -0.25) is 9.69 Å². The molecule has 1 heterocycles. The quantitative estimate of drug-likeness (QED) is 0.672. The molecule has 2 aromatic rings. The average molecular weight is 397 g/mol. The highest BCUT2D eigenvalue weighted by atomic mass is 32.2. The van der Waals surface area contributed by atoms with Gasteiger partial charge in [0.2, 0.25) is 0 Å². The summed E-state index contributed by atoms with van der Waals surface area (Å²) in [7, 11) is 3.34. The Bertz CT molecular complexity index is 966. The van der Waals surface area contributed by atoms with Crippen LogP contribution in [0.15, 0.2) is 46.3 Å². The summed E-state index contributed by atoms with van der Waals surface area (Å²) >= 11 is 1.36. The first-order chi connectivity index (χ1) is 13.4. The molecule has 0 aromatic heterocycles. The van der Waals surface area contributed by atoms with E-state index < -0.39 is 0 Å². The molecule has 6 heteroatoms. The van der Waals surface area contributed by atoms with E-state index in [1.54, 1.807) is 19.1 Å². The molecule has 28 heavy (non-hydrogen) atoms. The third-order valence-electron chi connectivity index (χ3n) is 4.52. The summed E-state index contributed by atoms with van der Waals surface area (Å²) in [5, 5.41) is 0.653. The molecule has 2 aromatic carbocycles. The van der Waals surface area contributed by atoms with Crippen LogP contribution in [0.1, 0.15) is 23.6 Å². The summed E-state index contributed by atoms with van der Waals surface area (Å²) in [5.41, 5.74) is 4.03. The summed E-state index contributed by atoms with van der Waals surface area (Å²) in [6, 6.07) is 11.7. The molecule has 0 radical (unpaired) electrons. The van der Waals surface area contributed by atoms with Crippen molar-refractivity contribution in [1.29, 1.82) is 0 Å². The van der Waals surface area contributed by atoms with E-state index in [0.717, 1.165) is 11.3 Å². The number of benzene rings is 2. The van der Waals surface area contributed by atoms with Gasteiger partial charge in [0, 0.05) is 12.6 Å². The first-order valence-corrected chi connectivity index (χ1v) is 9.89. The number of hydrogen-bond donors (Lipinski definition) is 0. The Morgan fingerprint density at radius 3 is 2.64 bits per heavy atom. The molecule has 0 saturated carbocycles. The van der Waals surface area contributed by atoms with Gasteiger partial charge in [0.25, 0.3) is 5.91 Å². The van der Waals surface area contributed by atoms with Crippen molar-refractivity contribution < 1.29 is 14.3 Å². The van der Waals surface area contributed by atoms with Gasteiger partial charge in [0.1, 0.15) is 0 Å². The van der Waals surface area contributed by atoms with Gasteiger partial charge in [-0.25, -0.2) is 4.99 Å². The summed E-state index contributed by atoms with van der Waals surface area (Å²) in [5.74, 6) is 1.19. The zero-order valence-electron chi connectivity index (χ0n) is 16.8. The van der Waals surface area contributed by atoms with Gasteiger partial charge in [-0.15, -0.1) is 0 Å². The van der Waals surface area contributed by atoms with E-state index in [0.29, 0.717) is 28.2 Å². The molecule has 1 fully saturated rings. The molecule has 0 spiro atoms. The van der Waals surface area contributed by atoms with E-state index in [9.17, 15) is 4.79 Å². The molecule has 0 N–H and O–H groups in total. The first kappa shape index (κ1) is 20.0. The Balaban J connectivity index is 1.95. The van der Waals surface area contributed by atoms with Crippen LogP contribution in [0.5, 0.6) is 11.5 Å². The van der Waals surface area contributed by atoms with Gasteiger partial charge in [-0.1, -0.05) is 18.2 Å². The number of aryl methyl sites for hydroxylation is 2. The smallest absolute Gasteiger partial charge is 0.266 e. The third kappa shape index (κ3) is 4.07. The number of likely N-dealkylation sites (N-methyl/N-ethyl adjacent to an activating group) is 1. The maximum atomic E-state index is 12.7. The normalized spacial score (nSPS) is 16.9. The van der Waals surface area contributed by atoms with Crippen molar-refractivity contribution in [2.24, 2.45) is 4.99 Å². The second-order valence-corrected chi connectivity index (χ2v) is 7.46. The van der Waals surface area contributed by atoms with Gasteiger partial charge >= 0.3 is 0 Å². The fraction of sp³-hybridized carbons (Fsp3) is 0.273. The summed E-state index contributed by atoms with van der Waals surface area (Å²) in [4.78, 5) is 19.6. The van der Waals surface area contributed by atoms with Gasteiger partial charge in [0.05, 0.1) is 24.3 Å². The van der Waals surface area contributed by atoms with Crippen LogP contribution in [0, 0.1) is 13.8 Å². The fourth-order valence-corrected chi connectivity index (χ4v) is 3.78. The van der Waals surface area contributed by atoms with Crippen LogP contribution in [0.2, 0.25) is 0 Å². The minimum absolute atomic E-state index is 0.0853. The van der Waals surface area contributed by atoms with Gasteiger partial charge in [-0.2, -0.15) is 0 Å². The number of aliphatic imine (C=N–C) groups is 1. The number of rotatable bonds is 5. The molecule has 1 aliphatic heterocycles. The monoisotopic (exact) mass is 396 g/mol. The molecule has 5 nitrogen and oxygen atoms in total. The van der Waals surface area contributed by atoms with E-state index in [1.807, 2.05) is 49.4 Å². The maximum absolute atomic E-state index is 12.7. The molecular formula is C22H24N2O3S. The van der Waals surface area contributed by atoms with Crippen LogP contribution >= 0.6 is 11.8 Å². The predicted molar refractivity (Wildman–Crippen MR) is 116 cm³/mol. The van der Waals surface area contributed by atoms with Crippen molar-refractivity contribution in [2.75, 3.05) is 20.8 Å². The molecule has 146 valence electrons. The number of para-hydroxylation sites is 1. The van der Waals surface area contributed by atoms with Crippen LogP contribution in [0.25, 0.3) is 6.08 Å². The Morgan fingerprint density at radius 1 is 1.18 bits per heavy atom. The van der Waals surface area contributed by atoms with Crippen LogP contribution in [-0.2, 0) is 4.79 Å². The molecule has 1 saturated heterocycles. The lowest BCUT2D eigenvalue weighted by Crippen LogP contribution is -2.23. The zero-order valence-corrected chi connectivity index (χ0v) is 17.6. The topological polar surface area (TPSA) is 51.1 Å². The van der Waals surface area contributed by atoms with Crippen LogP contribution < -0.4 is 9.47 Å². The minimum atomic E-state index is -0.0853. The highest BCUT2D eigenvalue weighted by molar-refractivity contribution is 8.18. The molecule has 1 amide bonds. The predicted octanol–water partition coefficient (Wildman–Crippen LogP) is 4.94. The number of ether oxygens (including phenoxy) is 2. The molecule has 0 unspecified atom stereocenters. The minimum Gasteiger partial charge on any atom is -0.493 e. The Kier molecular flexibility index (Phi) is 6.09. The van der Waals surface area contributed by atoms with Crippen molar-refractivity contribution in [2.45, 2.75) is 20.8 Å². The highest BCUT2D eigenvalue weighted by Gasteiger charge is 2.30. The summed E-state index contributed by atoms with van der Waals surface area (Å²) in [6.07, 6.45) is 1.83. The van der Waals surface area contributed by atoms with Crippen molar-refractivity contribution in [1.82, 2.24) is 4.90 Å². The number of amides is 1. The van der Waals surface area contributed by atoms with Crippen molar-refractivity contribution in [3.63, 3.8) is 0 Å². The van der Waals surface area contributed by atoms with Crippen molar-refractivity contribution in [3.05, 3.63) is 58.0 Å². The van der Waals surface area contributed by atoms with Gasteiger partial charge < -0.3 is 9.47 Å². The number of thioether (sulfide) groups is 1. The fourth-order valence-electron chi connectivity index (χ4n) is 2.80. The van der Waals surface area contributed by atoms with Gasteiger partial charge in [0.15, 0.2) is 16.7 Å². The number of amidine groups is 1. The first-order valence-electron chi connectivity index (χ1n) is 9.08. The number of nitrogens with zero attached hydrogens (tertiary/aromatic N) is 2. The molecule has 1 aliphatic rings. The van der Waals surface area contributed by atoms with Crippen LogP contribution in [0.4, 0.5) is 5.69 Å². The van der Waals surface area contributed by atoms with E-state index in [4.69, 9.17) is 9.47 Å². The SMILES string of the molecule is CCOc1c(/C=C2/SC(=Nc3ccc(C)c(C)c3)N(C)C2=O)cccc1OC. The zero-order chi connectivity index (χ0) is 20.3. The number of carbonyl (C=O) groups excluding carboxylic acids is 1. The van der Waals surface area contributed by atoms with Crippen molar-refractivity contribution >= 4 is 34.6 Å². The number of carbonyl (C=O) groups is 1. The Labute approximate surface area is 170 Å². The summed E-state index contributed by atoms with van der Waals surface area (Å²) < 4.78 is 11.1. The second kappa shape index (κ2) is 8.52. The molecular weight excluding hydrogens is 372 g/mol. The largest absolute Gasteiger partial charge is 0.493 e. The Morgan fingerprint density at radius 2 is 1.96 bits per heavy atom. The molecule has 3 rings (SSSR count). The highest BCUT2D eigenvalue weighted by Crippen LogP contribution is 2.37. The number of hydrogen-bond acceptors (Lipinski definition) is 5. The number of methoxy groups -OCH3 is 1. The second-order valence-electron chi connectivity index (χ2n) is 6.45. The van der Waals surface area contributed by atoms with E-state index in [-0.39, 0.29) is 5.91 Å². The molecule has 0 aliphatic carbocycles. The maximum Gasteiger partial charge on any atom is 0.266 e. The van der Waals surface area contributed by atoms with Crippen LogP contribution in [0.3, 0.4) is 0 Å². The van der Waals surface area contributed by atoms with E-state index in [2.05, 4.69) is 18.8 Å².